The third kappa shape index (κ3) is 6.45. The second-order valence-electron chi connectivity index (χ2n) is 7.04. The smallest absolute Gasteiger partial charge is 0.224 e. The zero-order chi connectivity index (χ0) is 17.0. The van der Waals surface area contributed by atoms with Gasteiger partial charge in [0.2, 0.25) is 5.91 Å². The van der Waals surface area contributed by atoms with Gasteiger partial charge in [0.05, 0.1) is 6.04 Å². The van der Waals surface area contributed by atoms with E-state index in [9.17, 15) is 9.35 Å². The summed E-state index contributed by atoms with van der Waals surface area (Å²) >= 11 is 2.30. The van der Waals surface area contributed by atoms with Crippen LogP contribution in [0.15, 0.2) is 28.7 Å². The van der Waals surface area contributed by atoms with Crippen LogP contribution in [0.4, 0.5) is 5.69 Å². The molecule has 2 rings (SSSR count). The van der Waals surface area contributed by atoms with Crippen molar-refractivity contribution in [3.05, 3.63) is 28.7 Å². The fourth-order valence-electron chi connectivity index (χ4n) is 2.28. The van der Waals surface area contributed by atoms with Crippen LogP contribution >= 0.6 is 15.9 Å². The molecule has 1 aliphatic carbocycles. The van der Waals surface area contributed by atoms with E-state index in [1.165, 1.54) is 0 Å². The van der Waals surface area contributed by atoms with Crippen LogP contribution in [0.5, 0.6) is 0 Å². The van der Waals surface area contributed by atoms with E-state index in [-0.39, 0.29) is 16.7 Å². The Kier molecular flexibility index (Phi) is 6.54. The number of amides is 1. The summed E-state index contributed by atoms with van der Waals surface area (Å²) in [5.74, 6) is 0.553. The Morgan fingerprint density at radius 2 is 2.13 bits per heavy atom. The number of hydrogen-bond donors (Lipinski definition) is 2. The van der Waals surface area contributed by atoms with Gasteiger partial charge in [-0.3, -0.25) is 4.79 Å². The second-order valence-corrected chi connectivity index (χ2v) is 9.95. The maximum Gasteiger partial charge on any atom is 0.224 e. The molecule has 128 valence electrons. The lowest BCUT2D eigenvalue weighted by molar-refractivity contribution is -0.116. The van der Waals surface area contributed by atoms with Gasteiger partial charge in [0, 0.05) is 27.9 Å². The molecule has 0 aliphatic heterocycles. The molecule has 2 N–H and O–H groups in total. The largest absolute Gasteiger partial charge is 0.598 e. The predicted octanol–water partition coefficient (Wildman–Crippen LogP) is 4.00. The molecule has 0 spiro atoms. The topological polar surface area (TPSA) is 64.2 Å². The Morgan fingerprint density at radius 1 is 1.43 bits per heavy atom. The number of anilines is 1. The zero-order valence-corrected chi connectivity index (χ0v) is 16.3. The molecule has 0 radical (unpaired) electrons. The Labute approximate surface area is 150 Å². The van der Waals surface area contributed by atoms with Crippen molar-refractivity contribution < 1.29 is 9.35 Å². The summed E-state index contributed by atoms with van der Waals surface area (Å²) in [6.07, 6.45) is 3.47. The second kappa shape index (κ2) is 8.01. The predicted molar refractivity (Wildman–Crippen MR) is 99.5 cm³/mol. The fraction of sp³-hybridized carbons (Fsp3) is 0.588. The number of benzene rings is 1. The third-order valence-electron chi connectivity index (χ3n) is 3.80. The highest BCUT2D eigenvalue weighted by atomic mass is 79.9. The van der Waals surface area contributed by atoms with Crippen molar-refractivity contribution in [1.29, 1.82) is 0 Å². The lowest BCUT2D eigenvalue weighted by Crippen LogP contribution is -2.45. The highest BCUT2D eigenvalue weighted by molar-refractivity contribution is 9.10. The van der Waals surface area contributed by atoms with Crippen molar-refractivity contribution in [3.8, 4) is 0 Å². The molecule has 4 nitrogen and oxygen atoms in total. The number of carbonyl (C=O) groups is 1. The van der Waals surface area contributed by atoms with Crippen LogP contribution in [-0.4, -0.2) is 21.2 Å². The summed E-state index contributed by atoms with van der Waals surface area (Å²) in [7, 11) is 0. The van der Waals surface area contributed by atoms with Crippen molar-refractivity contribution >= 4 is 38.9 Å². The molecule has 23 heavy (non-hydrogen) atoms. The number of halogens is 1. The summed E-state index contributed by atoms with van der Waals surface area (Å²) < 4.78 is 16.2. The zero-order valence-electron chi connectivity index (χ0n) is 13.9. The van der Waals surface area contributed by atoms with Gasteiger partial charge >= 0.3 is 0 Å². The summed E-state index contributed by atoms with van der Waals surface area (Å²) in [5, 5.41) is 2.91. The van der Waals surface area contributed by atoms with Crippen LogP contribution in [0.3, 0.4) is 0 Å². The van der Waals surface area contributed by atoms with Gasteiger partial charge in [-0.25, -0.2) is 0 Å². The first-order valence-corrected chi connectivity index (χ1v) is 9.93. The number of nitrogens with one attached hydrogen (secondary N) is 2. The molecular weight excluding hydrogens is 376 g/mol. The Bertz CT molecular complexity index is 544. The van der Waals surface area contributed by atoms with Gasteiger partial charge in [-0.15, -0.1) is 4.72 Å². The van der Waals surface area contributed by atoms with Crippen LogP contribution in [0.2, 0.25) is 0 Å². The van der Waals surface area contributed by atoms with E-state index >= 15 is 0 Å². The highest BCUT2D eigenvalue weighted by Gasteiger charge is 2.37. The number of rotatable bonds is 7. The number of hydrogen-bond acceptors (Lipinski definition) is 3. The minimum absolute atomic E-state index is 0.00269. The van der Waals surface area contributed by atoms with Crippen LogP contribution in [0, 0.1) is 5.92 Å². The molecule has 1 saturated carbocycles. The minimum atomic E-state index is -1.09. The quantitative estimate of drug-likeness (QED) is 0.679. The fourth-order valence-corrected chi connectivity index (χ4v) is 3.62. The maximum atomic E-state index is 12.3. The molecule has 1 aromatic carbocycles. The van der Waals surface area contributed by atoms with E-state index in [1.54, 1.807) is 0 Å². The first kappa shape index (κ1) is 18.8. The molecule has 1 aromatic rings. The Balaban J connectivity index is 1.83. The van der Waals surface area contributed by atoms with Crippen molar-refractivity contribution in [2.75, 3.05) is 5.32 Å². The highest BCUT2D eigenvalue weighted by Crippen LogP contribution is 2.35. The molecule has 0 bridgehead atoms. The van der Waals surface area contributed by atoms with Crippen molar-refractivity contribution in [2.45, 2.75) is 57.2 Å². The molecular formula is C17H25BrN2O2S. The van der Waals surface area contributed by atoms with E-state index in [4.69, 9.17) is 0 Å². The van der Waals surface area contributed by atoms with Gasteiger partial charge < -0.3 is 9.87 Å². The van der Waals surface area contributed by atoms with Gasteiger partial charge in [-0.05, 0) is 64.2 Å². The normalized spacial score (nSPS) is 17.6. The summed E-state index contributed by atoms with van der Waals surface area (Å²) in [4.78, 5) is 12.1. The molecule has 1 amide bonds. The standard InChI is InChI=1S/C17H25BrN2O2S/c1-17(2,3)23(22)20-15(12-7-8-12)9-10-16(21)19-14-6-4-5-13(18)11-14/h4-6,11-12,15,20H,7-10H2,1-3H3,(H,19,21)/t15-,23?/m1/s1. The molecule has 1 aliphatic rings. The lowest BCUT2D eigenvalue weighted by atomic mass is 10.1. The summed E-state index contributed by atoms with van der Waals surface area (Å²) in [6.45, 7) is 5.88. The SMILES string of the molecule is CC(C)(C)[S+]([O-])N[C@H](CCC(=O)Nc1cccc(Br)c1)C1CC1. The van der Waals surface area contributed by atoms with Gasteiger partial charge in [-0.1, -0.05) is 22.0 Å². The van der Waals surface area contributed by atoms with Gasteiger partial charge in [-0.2, -0.15) is 0 Å². The molecule has 2 atom stereocenters. The monoisotopic (exact) mass is 400 g/mol. The van der Waals surface area contributed by atoms with Gasteiger partial charge in [0.25, 0.3) is 0 Å². The molecule has 0 heterocycles. The Hall–Kier alpha value is -0.560. The first-order chi connectivity index (χ1) is 10.8. The van der Waals surface area contributed by atoms with Gasteiger partial charge in [0.15, 0.2) is 0 Å². The van der Waals surface area contributed by atoms with Crippen molar-refractivity contribution in [2.24, 2.45) is 5.92 Å². The van der Waals surface area contributed by atoms with Crippen LogP contribution in [-0.2, 0) is 16.2 Å². The van der Waals surface area contributed by atoms with E-state index < -0.39 is 11.4 Å². The van der Waals surface area contributed by atoms with Crippen LogP contribution < -0.4 is 10.0 Å². The number of carbonyl (C=O) groups excluding carboxylic acids is 1. The van der Waals surface area contributed by atoms with Crippen LogP contribution in [0.25, 0.3) is 0 Å². The molecule has 0 saturated heterocycles. The maximum absolute atomic E-state index is 12.3. The van der Waals surface area contributed by atoms with Crippen molar-refractivity contribution in [1.82, 2.24) is 4.72 Å². The van der Waals surface area contributed by atoms with Gasteiger partial charge in [0.1, 0.15) is 4.75 Å². The van der Waals surface area contributed by atoms with E-state index in [0.717, 1.165) is 23.0 Å². The average molecular weight is 401 g/mol. The molecule has 1 fully saturated rings. The minimum Gasteiger partial charge on any atom is -0.598 e. The van der Waals surface area contributed by atoms with E-state index in [0.29, 0.717) is 18.8 Å². The van der Waals surface area contributed by atoms with E-state index in [1.807, 2.05) is 45.0 Å². The molecule has 0 aromatic heterocycles. The summed E-state index contributed by atoms with van der Waals surface area (Å²) in [6, 6.07) is 7.71. The molecule has 6 heteroatoms. The average Bonchev–Trinajstić information content (AvgIpc) is 3.26. The summed E-state index contributed by atoms with van der Waals surface area (Å²) in [5.41, 5.74) is 0.790. The Morgan fingerprint density at radius 3 is 2.70 bits per heavy atom. The lowest BCUT2D eigenvalue weighted by Gasteiger charge is -2.28. The van der Waals surface area contributed by atoms with Crippen LogP contribution in [0.1, 0.15) is 46.5 Å². The van der Waals surface area contributed by atoms with Crippen molar-refractivity contribution in [3.63, 3.8) is 0 Å². The third-order valence-corrected chi connectivity index (χ3v) is 5.92. The molecule has 1 unspecified atom stereocenters. The van der Waals surface area contributed by atoms with E-state index in [2.05, 4.69) is 26.0 Å². The first-order valence-electron chi connectivity index (χ1n) is 7.99.